The largest absolute Gasteiger partial charge is 0.325 e. The quantitative estimate of drug-likeness (QED) is 0.858. The van der Waals surface area contributed by atoms with Gasteiger partial charge in [-0.1, -0.05) is 23.2 Å². The fraction of sp³-hybridized carbons (Fsp3) is 0.417. The average Bonchev–Trinajstić information content (AvgIpc) is 2.17. The molecule has 0 aromatic heterocycles. The fourth-order valence-electron chi connectivity index (χ4n) is 1.87. The Bertz CT molecular complexity index is 482. The third-order valence-electron chi connectivity index (χ3n) is 2.88. The van der Waals surface area contributed by atoms with E-state index in [4.69, 9.17) is 28.9 Å². The Morgan fingerprint density at radius 2 is 2.06 bits per heavy atom. The predicted octanol–water partition coefficient (Wildman–Crippen LogP) is 3.64. The number of benzene rings is 1. The van der Waals surface area contributed by atoms with Crippen molar-refractivity contribution in [2.24, 2.45) is 11.7 Å². The Morgan fingerprint density at radius 3 is 2.65 bits per heavy atom. The smallest absolute Gasteiger partial charge is 0.169 e. The molecule has 1 aromatic rings. The molecule has 0 aliphatic carbocycles. The first-order valence-electron chi connectivity index (χ1n) is 5.25. The van der Waals surface area contributed by atoms with Crippen LogP contribution in [0, 0.1) is 5.92 Å². The molecule has 92 valence electrons. The summed E-state index contributed by atoms with van der Waals surface area (Å²) in [7, 11) is 0. The van der Waals surface area contributed by atoms with Gasteiger partial charge in [-0.15, -0.1) is 11.8 Å². The first-order valence-corrected chi connectivity index (χ1v) is 7.00. The van der Waals surface area contributed by atoms with Gasteiger partial charge in [-0.2, -0.15) is 0 Å². The molecule has 1 aliphatic rings. The molecule has 0 saturated heterocycles. The van der Waals surface area contributed by atoms with Gasteiger partial charge >= 0.3 is 0 Å². The highest BCUT2D eigenvalue weighted by Crippen LogP contribution is 2.41. The second-order valence-corrected chi connectivity index (χ2v) is 6.69. The first kappa shape index (κ1) is 13.2. The minimum Gasteiger partial charge on any atom is -0.325 e. The molecule has 2 N–H and O–H groups in total. The molecule has 2 nitrogen and oxygen atoms in total. The van der Waals surface area contributed by atoms with E-state index in [9.17, 15) is 4.79 Å². The van der Waals surface area contributed by atoms with E-state index in [1.807, 2.05) is 13.8 Å². The number of ketones is 1. The van der Waals surface area contributed by atoms with Gasteiger partial charge in [-0.05, 0) is 26.0 Å². The van der Waals surface area contributed by atoms with Gasteiger partial charge in [0.25, 0.3) is 0 Å². The Morgan fingerprint density at radius 1 is 1.41 bits per heavy atom. The topological polar surface area (TPSA) is 43.1 Å². The monoisotopic (exact) mass is 289 g/mol. The van der Waals surface area contributed by atoms with Gasteiger partial charge in [-0.3, -0.25) is 4.79 Å². The lowest BCUT2D eigenvalue weighted by Gasteiger charge is -2.33. The molecule has 17 heavy (non-hydrogen) atoms. The van der Waals surface area contributed by atoms with Crippen LogP contribution in [-0.2, 0) is 0 Å². The molecule has 1 unspecified atom stereocenters. The van der Waals surface area contributed by atoms with E-state index >= 15 is 0 Å². The lowest BCUT2D eigenvalue weighted by atomic mass is 9.83. The molecule has 5 heteroatoms. The summed E-state index contributed by atoms with van der Waals surface area (Å²) < 4.78 is 0. The van der Waals surface area contributed by atoms with Crippen molar-refractivity contribution in [3.8, 4) is 0 Å². The van der Waals surface area contributed by atoms with Crippen molar-refractivity contribution in [1.29, 1.82) is 0 Å². The highest BCUT2D eigenvalue weighted by molar-refractivity contribution is 7.99. The second-order valence-electron chi connectivity index (χ2n) is 4.81. The van der Waals surface area contributed by atoms with Crippen molar-refractivity contribution in [1.82, 2.24) is 0 Å². The number of carbonyl (C=O) groups excluding carboxylic acids is 1. The van der Waals surface area contributed by atoms with Crippen LogP contribution in [0.2, 0.25) is 10.0 Å². The highest BCUT2D eigenvalue weighted by Gasteiger charge is 2.37. The van der Waals surface area contributed by atoms with Crippen molar-refractivity contribution in [2.45, 2.75) is 24.3 Å². The van der Waals surface area contributed by atoms with E-state index in [0.29, 0.717) is 21.4 Å². The Balaban J connectivity index is 2.49. The maximum absolute atomic E-state index is 12.4. The van der Waals surface area contributed by atoms with Gasteiger partial charge < -0.3 is 5.73 Å². The van der Waals surface area contributed by atoms with Gasteiger partial charge in [0, 0.05) is 32.7 Å². The van der Waals surface area contributed by atoms with Crippen LogP contribution in [0.4, 0.5) is 0 Å². The van der Waals surface area contributed by atoms with Crippen molar-refractivity contribution in [2.75, 3.05) is 5.75 Å². The SMILES string of the molecule is CC(C)(N)C1CSc2c(Cl)cc(Cl)cc2C1=O. The second kappa shape index (κ2) is 4.47. The number of hydrogen-bond acceptors (Lipinski definition) is 3. The summed E-state index contributed by atoms with van der Waals surface area (Å²) in [5.74, 6) is 0.502. The molecule has 0 amide bonds. The number of rotatable bonds is 1. The van der Waals surface area contributed by atoms with Crippen LogP contribution in [0.25, 0.3) is 0 Å². The lowest BCUT2D eigenvalue weighted by Crippen LogP contribution is -2.47. The minimum atomic E-state index is -0.531. The van der Waals surface area contributed by atoms with E-state index in [1.54, 1.807) is 23.9 Å². The molecule has 1 aliphatic heterocycles. The van der Waals surface area contributed by atoms with Crippen molar-refractivity contribution >= 4 is 40.7 Å². The van der Waals surface area contributed by atoms with Crippen LogP contribution in [0.15, 0.2) is 17.0 Å². The molecule has 0 bridgehead atoms. The molecule has 1 atom stereocenters. The normalized spacial score (nSPS) is 20.3. The lowest BCUT2D eigenvalue weighted by molar-refractivity contribution is 0.0881. The zero-order valence-corrected chi connectivity index (χ0v) is 11.9. The summed E-state index contributed by atoms with van der Waals surface area (Å²) in [5.41, 5.74) is 6.10. The van der Waals surface area contributed by atoms with Crippen molar-refractivity contribution in [3.05, 3.63) is 27.7 Å². The number of halogens is 2. The van der Waals surface area contributed by atoms with Crippen LogP contribution < -0.4 is 5.73 Å². The zero-order valence-electron chi connectivity index (χ0n) is 9.59. The van der Waals surface area contributed by atoms with Gasteiger partial charge in [0.15, 0.2) is 5.78 Å². The number of nitrogens with two attached hydrogens (primary N) is 1. The Kier molecular flexibility index (Phi) is 3.47. The minimum absolute atomic E-state index is 0.0376. The third kappa shape index (κ3) is 2.48. The molecule has 0 radical (unpaired) electrons. The average molecular weight is 290 g/mol. The molecular weight excluding hydrogens is 277 g/mol. The predicted molar refractivity (Wildman–Crippen MR) is 73.3 cm³/mol. The molecular formula is C12H13Cl2NOS. The maximum Gasteiger partial charge on any atom is 0.169 e. The van der Waals surface area contributed by atoms with Crippen LogP contribution >= 0.6 is 35.0 Å². The molecule has 0 fully saturated rings. The maximum atomic E-state index is 12.4. The fourth-order valence-corrected chi connectivity index (χ4v) is 3.96. The van der Waals surface area contributed by atoms with Crippen LogP contribution in [0.1, 0.15) is 24.2 Å². The van der Waals surface area contributed by atoms with Crippen LogP contribution in [0.3, 0.4) is 0 Å². The van der Waals surface area contributed by atoms with E-state index in [2.05, 4.69) is 0 Å². The number of carbonyl (C=O) groups is 1. The Hall–Kier alpha value is -0.220. The van der Waals surface area contributed by atoms with E-state index < -0.39 is 5.54 Å². The van der Waals surface area contributed by atoms with Gasteiger partial charge in [-0.25, -0.2) is 0 Å². The molecule has 2 rings (SSSR count). The van der Waals surface area contributed by atoms with Gasteiger partial charge in [0.2, 0.25) is 0 Å². The number of thioether (sulfide) groups is 1. The molecule has 1 aromatic carbocycles. The highest BCUT2D eigenvalue weighted by atomic mass is 35.5. The van der Waals surface area contributed by atoms with Crippen LogP contribution in [0.5, 0.6) is 0 Å². The summed E-state index contributed by atoms with van der Waals surface area (Å²) in [6, 6.07) is 3.34. The number of Topliss-reactive ketones (excluding diaryl/α,β-unsaturated/α-hetero) is 1. The zero-order chi connectivity index (χ0) is 12.8. The van der Waals surface area contributed by atoms with E-state index in [1.165, 1.54) is 0 Å². The molecule has 0 saturated carbocycles. The first-order chi connectivity index (χ1) is 7.80. The summed E-state index contributed by atoms with van der Waals surface area (Å²) in [4.78, 5) is 13.2. The van der Waals surface area contributed by atoms with Crippen LogP contribution in [-0.4, -0.2) is 17.1 Å². The third-order valence-corrected chi connectivity index (χ3v) is 4.74. The van der Waals surface area contributed by atoms with E-state index in [0.717, 1.165) is 4.90 Å². The summed E-state index contributed by atoms with van der Waals surface area (Å²) in [5, 5.41) is 1.03. The number of fused-ring (bicyclic) bond motifs is 1. The van der Waals surface area contributed by atoms with Gasteiger partial charge in [0.05, 0.1) is 5.02 Å². The van der Waals surface area contributed by atoms with Gasteiger partial charge in [0.1, 0.15) is 0 Å². The summed E-state index contributed by atoms with van der Waals surface area (Å²) in [6.07, 6.45) is 0. The standard InChI is InChI=1S/C12H13Cl2NOS/c1-12(2,15)8-5-17-11-7(10(8)16)3-6(13)4-9(11)14/h3-4,8H,5,15H2,1-2H3. The number of hydrogen-bond donors (Lipinski definition) is 1. The Labute approximate surface area is 115 Å². The summed E-state index contributed by atoms with van der Waals surface area (Å²) in [6.45, 7) is 3.74. The molecule has 1 heterocycles. The van der Waals surface area contributed by atoms with Crippen molar-refractivity contribution in [3.63, 3.8) is 0 Å². The summed E-state index contributed by atoms with van der Waals surface area (Å²) >= 11 is 13.6. The van der Waals surface area contributed by atoms with Crippen molar-refractivity contribution < 1.29 is 4.79 Å². The molecule has 0 spiro atoms. The van der Waals surface area contributed by atoms with E-state index in [-0.39, 0.29) is 11.7 Å².